The highest BCUT2D eigenvalue weighted by molar-refractivity contribution is 8.00. The van der Waals surface area contributed by atoms with Gasteiger partial charge in [0, 0.05) is 16.3 Å². The Labute approximate surface area is 272 Å². The largest absolute Gasteiger partial charge is 0.508 e. The van der Waals surface area contributed by atoms with Crippen molar-refractivity contribution >= 4 is 57.3 Å². The third-order valence-electron chi connectivity index (χ3n) is 7.15. The Morgan fingerprint density at radius 2 is 1.69 bits per heavy atom. The number of ketones is 1. The number of nitrogens with zero attached hydrogens (tertiary/aromatic N) is 3. The Bertz CT molecular complexity index is 1890. The van der Waals surface area contributed by atoms with Gasteiger partial charge in [-0.2, -0.15) is 0 Å². The zero-order valence-electron chi connectivity index (χ0n) is 23.9. The number of thioether (sulfide) groups is 1. The summed E-state index contributed by atoms with van der Waals surface area (Å²) < 4.78 is 6.51. The zero-order chi connectivity index (χ0) is 31.5. The average Bonchev–Trinajstić information content (AvgIpc) is 3.62. The van der Waals surface area contributed by atoms with Crippen LogP contribution in [0.5, 0.6) is 11.5 Å². The third kappa shape index (κ3) is 6.73. The van der Waals surface area contributed by atoms with Gasteiger partial charge in [-0.05, 0) is 72.1 Å². The number of amides is 1. The van der Waals surface area contributed by atoms with E-state index in [9.17, 15) is 19.8 Å². The minimum absolute atomic E-state index is 0.0220. The van der Waals surface area contributed by atoms with Gasteiger partial charge in [-0.1, -0.05) is 88.8 Å². The molecule has 1 fully saturated rings. The molecule has 1 unspecified atom stereocenters. The van der Waals surface area contributed by atoms with Gasteiger partial charge in [0.05, 0.1) is 11.6 Å². The summed E-state index contributed by atoms with van der Waals surface area (Å²) in [4.78, 5) is 28.3. The second kappa shape index (κ2) is 13.2. The first-order chi connectivity index (χ1) is 21.8. The summed E-state index contributed by atoms with van der Waals surface area (Å²) in [5.41, 5.74) is 3.96. The number of rotatable bonds is 9. The number of anilines is 1. The van der Waals surface area contributed by atoms with E-state index in [1.165, 1.54) is 40.1 Å². The smallest absolute Gasteiger partial charge is 0.301 e. The molecule has 2 heterocycles. The zero-order valence-corrected chi connectivity index (χ0v) is 26.3. The number of phenolic OH excluding ortho intramolecular Hbond substituents is 1. The maximum absolute atomic E-state index is 13.5. The molecular formula is C34H26ClN3O5S2. The summed E-state index contributed by atoms with van der Waals surface area (Å²) >= 11 is 8.60. The first-order valence-electron chi connectivity index (χ1n) is 13.9. The number of phenols is 1. The number of Topliss-reactive ketones (excluding diaryl/α,β-unsaturated/α-hetero) is 1. The molecule has 6 rings (SSSR count). The molecule has 1 amide bonds. The SMILES string of the molecule is Cc1cccc(COc2ccc(C(O)=C3C(=O)C(=O)N(c4nnc(SCc5ccc(Cl)cc5)s4)C3c3ccc(O)cc3)cc2)c1. The molecule has 226 valence electrons. The third-order valence-corrected chi connectivity index (χ3v) is 9.53. The van der Waals surface area contributed by atoms with Crippen LogP contribution >= 0.6 is 34.7 Å². The lowest BCUT2D eigenvalue weighted by molar-refractivity contribution is -0.132. The van der Waals surface area contributed by atoms with E-state index in [2.05, 4.69) is 10.2 Å². The van der Waals surface area contributed by atoms with E-state index in [4.69, 9.17) is 16.3 Å². The van der Waals surface area contributed by atoms with Crippen molar-refractivity contribution in [1.29, 1.82) is 0 Å². The normalized spacial score (nSPS) is 15.9. The van der Waals surface area contributed by atoms with Crippen molar-refractivity contribution in [1.82, 2.24) is 10.2 Å². The van der Waals surface area contributed by atoms with E-state index in [0.29, 0.717) is 38.6 Å². The molecule has 1 atom stereocenters. The molecule has 0 spiro atoms. The fourth-order valence-corrected chi connectivity index (χ4v) is 6.87. The molecule has 0 saturated carbocycles. The number of hydrogen-bond acceptors (Lipinski definition) is 9. The quantitative estimate of drug-likeness (QED) is 0.0546. The maximum atomic E-state index is 13.5. The molecule has 0 radical (unpaired) electrons. The number of aromatic hydroxyl groups is 1. The molecule has 2 N–H and O–H groups in total. The summed E-state index contributed by atoms with van der Waals surface area (Å²) in [6, 6.07) is 27.3. The number of aromatic nitrogens is 2. The lowest BCUT2D eigenvalue weighted by Gasteiger charge is -2.22. The number of carbonyl (C=O) groups is 2. The molecular weight excluding hydrogens is 630 g/mol. The molecule has 45 heavy (non-hydrogen) atoms. The van der Waals surface area contributed by atoms with Crippen LogP contribution < -0.4 is 9.64 Å². The predicted octanol–water partition coefficient (Wildman–Crippen LogP) is 7.70. The number of aliphatic hydroxyl groups excluding tert-OH is 1. The van der Waals surface area contributed by atoms with Gasteiger partial charge in [0.25, 0.3) is 5.78 Å². The molecule has 0 aliphatic carbocycles. The monoisotopic (exact) mass is 655 g/mol. The van der Waals surface area contributed by atoms with Crippen LogP contribution in [0.15, 0.2) is 107 Å². The summed E-state index contributed by atoms with van der Waals surface area (Å²) in [5, 5.41) is 30.7. The number of ether oxygens (including phenoxy) is 1. The van der Waals surface area contributed by atoms with Gasteiger partial charge < -0.3 is 14.9 Å². The second-order valence-electron chi connectivity index (χ2n) is 10.3. The van der Waals surface area contributed by atoms with Crippen LogP contribution in [-0.4, -0.2) is 32.1 Å². The topological polar surface area (TPSA) is 113 Å². The standard InChI is InChI=1S/C34H26ClN3O5S2/c1-20-3-2-4-22(17-20)18-43-27-15-9-24(10-16-27)30(40)28-29(23-7-13-26(39)14-8-23)38(32(42)31(28)41)33-36-37-34(45-33)44-19-21-5-11-25(35)12-6-21/h2-17,29,39-40H,18-19H2,1H3. The van der Waals surface area contributed by atoms with Crippen LogP contribution in [0.2, 0.25) is 5.02 Å². The molecule has 4 aromatic carbocycles. The first kappa shape index (κ1) is 30.4. The molecule has 1 aliphatic heterocycles. The fraction of sp³-hybridized carbons (Fsp3) is 0.118. The van der Waals surface area contributed by atoms with Crippen LogP contribution in [0.25, 0.3) is 5.76 Å². The van der Waals surface area contributed by atoms with E-state index >= 15 is 0 Å². The molecule has 1 aliphatic rings. The van der Waals surface area contributed by atoms with Gasteiger partial charge in [0.1, 0.15) is 23.9 Å². The Balaban J connectivity index is 1.29. The van der Waals surface area contributed by atoms with Gasteiger partial charge in [-0.3, -0.25) is 14.5 Å². The van der Waals surface area contributed by atoms with Crippen LogP contribution in [0, 0.1) is 6.92 Å². The predicted molar refractivity (Wildman–Crippen MR) is 176 cm³/mol. The van der Waals surface area contributed by atoms with Crippen LogP contribution in [-0.2, 0) is 21.9 Å². The lowest BCUT2D eigenvalue weighted by atomic mass is 9.95. The van der Waals surface area contributed by atoms with Crippen molar-refractivity contribution < 1.29 is 24.5 Å². The Morgan fingerprint density at radius 3 is 2.40 bits per heavy atom. The van der Waals surface area contributed by atoms with Crippen LogP contribution in [0.4, 0.5) is 5.13 Å². The van der Waals surface area contributed by atoms with Crippen molar-refractivity contribution in [2.75, 3.05) is 4.90 Å². The average molecular weight is 656 g/mol. The molecule has 11 heteroatoms. The molecule has 1 aromatic heterocycles. The van der Waals surface area contributed by atoms with Gasteiger partial charge in [0.2, 0.25) is 5.13 Å². The van der Waals surface area contributed by atoms with Crippen molar-refractivity contribution in [2.24, 2.45) is 0 Å². The highest BCUT2D eigenvalue weighted by Gasteiger charge is 2.48. The number of aryl methyl sites for hydroxylation is 1. The first-order valence-corrected chi connectivity index (χ1v) is 16.0. The van der Waals surface area contributed by atoms with Crippen molar-refractivity contribution in [3.8, 4) is 11.5 Å². The second-order valence-corrected chi connectivity index (χ2v) is 12.9. The number of halogens is 1. The van der Waals surface area contributed by atoms with Crippen molar-refractivity contribution in [3.63, 3.8) is 0 Å². The highest BCUT2D eigenvalue weighted by Crippen LogP contribution is 2.44. The highest BCUT2D eigenvalue weighted by atomic mass is 35.5. The fourth-order valence-electron chi connectivity index (χ4n) is 4.92. The molecule has 1 saturated heterocycles. The van der Waals surface area contributed by atoms with Crippen LogP contribution in [0.3, 0.4) is 0 Å². The Hall–Kier alpha value is -4.64. The Morgan fingerprint density at radius 1 is 0.956 bits per heavy atom. The minimum atomic E-state index is -0.995. The summed E-state index contributed by atoms with van der Waals surface area (Å²) in [6.07, 6.45) is 0. The van der Waals surface area contributed by atoms with E-state index in [1.54, 1.807) is 36.4 Å². The number of carbonyl (C=O) groups excluding carboxylic acids is 2. The maximum Gasteiger partial charge on any atom is 0.301 e. The van der Waals surface area contributed by atoms with Crippen molar-refractivity contribution in [3.05, 3.63) is 135 Å². The van der Waals surface area contributed by atoms with Gasteiger partial charge in [0.15, 0.2) is 4.34 Å². The van der Waals surface area contributed by atoms with E-state index in [0.717, 1.165) is 16.7 Å². The lowest BCUT2D eigenvalue weighted by Crippen LogP contribution is -2.29. The number of hydrogen-bond donors (Lipinski definition) is 2. The van der Waals surface area contributed by atoms with E-state index in [-0.39, 0.29) is 22.2 Å². The molecule has 8 nitrogen and oxygen atoms in total. The van der Waals surface area contributed by atoms with Gasteiger partial charge in [-0.15, -0.1) is 10.2 Å². The van der Waals surface area contributed by atoms with E-state index < -0.39 is 17.7 Å². The van der Waals surface area contributed by atoms with Crippen LogP contribution in [0.1, 0.15) is 33.9 Å². The summed E-state index contributed by atoms with van der Waals surface area (Å²) in [6.45, 7) is 2.39. The van der Waals surface area contributed by atoms with E-state index in [1.807, 2.05) is 55.5 Å². The number of aliphatic hydroxyl groups is 1. The van der Waals surface area contributed by atoms with Crippen molar-refractivity contribution in [2.45, 2.75) is 29.7 Å². The molecule has 0 bridgehead atoms. The summed E-state index contributed by atoms with van der Waals surface area (Å²) in [5.74, 6) is -0.804. The number of benzene rings is 4. The Kier molecular flexibility index (Phi) is 8.88. The van der Waals surface area contributed by atoms with Gasteiger partial charge in [-0.25, -0.2) is 0 Å². The summed E-state index contributed by atoms with van der Waals surface area (Å²) in [7, 11) is 0. The van der Waals surface area contributed by atoms with Gasteiger partial charge >= 0.3 is 5.91 Å². The minimum Gasteiger partial charge on any atom is -0.508 e. The molecule has 5 aromatic rings.